The Morgan fingerprint density at radius 1 is 1.16 bits per heavy atom. The van der Waals surface area contributed by atoms with E-state index in [1.807, 2.05) is 31.2 Å². The second-order valence-electron chi connectivity index (χ2n) is 5.77. The van der Waals surface area contributed by atoms with Crippen molar-refractivity contribution in [1.82, 2.24) is 4.90 Å². The number of halogens is 2. The zero-order chi connectivity index (χ0) is 16.1. The van der Waals surface area contributed by atoms with Crippen LogP contribution in [0, 0.1) is 6.92 Å². The fourth-order valence-electron chi connectivity index (χ4n) is 2.55. The van der Waals surface area contributed by atoms with Gasteiger partial charge in [0.15, 0.2) is 0 Å². The van der Waals surface area contributed by atoms with Gasteiger partial charge in [-0.05, 0) is 36.2 Å². The van der Waals surface area contributed by atoms with Crippen LogP contribution in [0.4, 0.5) is 5.69 Å². The Morgan fingerprint density at radius 3 is 2.64 bits per heavy atom. The van der Waals surface area contributed by atoms with Crippen molar-refractivity contribution in [2.75, 3.05) is 25.4 Å². The molecule has 4 nitrogen and oxygen atoms in total. The molecule has 0 atom stereocenters. The number of nitrogens with zero attached hydrogens (tertiary/aromatic N) is 1. The molecule has 1 aliphatic rings. The molecule has 25 heavy (non-hydrogen) atoms. The van der Waals surface area contributed by atoms with Crippen LogP contribution in [0.2, 0.25) is 0 Å². The quantitative estimate of drug-likeness (QED) is 0.636. The first kappa shape index (κ1) is 21.2. The monoisotopic (exact) mass is 382 g/mol. The number of morpholine rings is 1. The van der Waals surface area contributed by atoms with Crippen molar-refractivity contribution in [3.05, 3.63) is 71.7 Å². The predicted octanol–water partition coefficient (Wildman–Crippen LogP) is 4.17. The second kappa shape index (κ2) is 10.2. The van der Waals surface area contributed by atoms with Gasteiger partial charge in [0, 0.05) is 18.8 Å². The predicted molar refractivity (Wildman–Crippen MR) is 106 cm³/mol. The number of ether oxygens (including phenoxy) is 2. The smallest absolute Gasteiger partial charge is 0.145 e. The molecule has 136 valence electrons. The van der Waals surface area contributed by atoms with E-state index in [1.165, 1.54) is 5.56 Å². The summed E-state index contributed by atoms with van der Waals surface area (Å²) in [5, 5.41) is 0. The van der Waals surface area contributed by atoms with E-state index >= 15 is 0 Å². The van der Waals surface area contributed by atoms with E-state index in [-0.39, 0.29) is 24.8 Å². The summed E-state index contributed by atoms with van der Waals surface area (Å²) in [4.78, 5) is 2.35. The van der Waals surface area contributed by atoms with E-state index in [1.54, 1.807) is 6.26 Å². The third-order valence-corrected chi connectivity index (χ3v) is 3.89. The first-order valence-corrected chi connectivity index (χ1v) is 7.81. The molecule has 0 unspecified atom stereocenters. The van der Waals surface area contributed by atoms with Gasteiger partial charge < -0.3 is 15.2 Å². The highest BCUT2D eigenvalue weighted by Crippen LogP contribution is 2.20. The van der Waals surface area contributed by atoms with Gasteiger partial charge >= 0.3 is 0 Å². The first-order chi connectivity index (χ1) is 11.2. The minimum absolute atomic E-state index is 0. The van der Waals surface area contributed by atoms with Crippen LogP contribution in [-0.2, 0) is 11.3 Å². The largest absolute Gasteiger partial charge is 0.492 e. The SMILES string of the molecule is Cc1cc(OC=C2CN(Cc3ccccc3)CCO2)ccc1N.Cl.Cl. The van der Waals surface area contributed by atoms with Crippen molar-refractivity contribution < 1.29 is 9.47 Å². The summed E-state index contributed by atoms with van der Waals surface area (Å²) in [5.41, 5.74) is 8.91. The Labute approximate surface area is 161 Å². The van der Waals surface area contributed by atoms with E-state index in [9.17, 15) is 0 Å². The summed E-state index contributed by atoms with van der Waals surface area (Å²) >= 11 is 0. The van der Waals surface area contributed by atoms with Gasteiger partial charge in [-0.1, -0.05) is 30.3 Å². The van der Waals surface area contributed by atoms with Crippen molar-refractivity contribution in [2.45, 2.75) is 13.5 Å². The number of nitrogens with two attached hydrogens (primary N) is 1. The Hall–Kier alpha value is -1.88. The molecule has 2 aromatic rings. The molecule has 1 heterocycles. The lowest BCUT2D eigenvalue weighted by Gasteiger charge is -2.28. The van der Waals surface area contributed by atoms with Gasteiger partial charge in [0.1, 0.15) is 24.4 Å². The normalized spacial score (nSPS) is 15.6. The van der Waals surface area contributed by atoms with Gasteiger partial charge in [0.05, 0.1) is 6.54 Å². The van der Waals surface area contributed by atoms with Gasteiger partial charge in [-0.2, -0.15) is 0 Å². The molecular weight excluding hydrogens is 359 g/mol. The Balaban J connectivity index is 0.00000156. The maximum Gasteiger partial charge on any atom is 0.145 e. The minimum atomic E-state index is 0. The van der Waals surface area contributed by atoms with Crippen molar-refractivity contribution in [1.29, 1.82) is 0 Å². The highest BCUT2D eigenvalue weighted by molar-refractivity contribution is 5.85. The molecule has 6 heteroatoms. The molecular formula is C19H24Cl2N2O2. The van der Waals surface area contributed by atoms with E-state index in [2.05, 4.69) is 29.2 Å². The van der Waals surface area contributed by atoms with E-state index in [0.29, 0.717) is 6.61 Å². The molecule has 1 aliphatic heterocycles. The van der Waals surface area contributed by atoms with Gasteiger partial charge in [0.25, 0.3) is 0 Å². The molecule has 0 spiro atoms. The van der Waals surface area contributed by atoms with Gasteiger partial charge in [-0.3, -0.25) is 4.90 Å². The number of anilines is 1. The second-order valence-corrected chi connectivity index (χ2v) is 5.77. The number of nitrogen functional groups attached to an aromatic ring is 1. The molecule has 0 radical (unpaired) electrons. The van der Waals surface area contributed by atoms with Crippen LogP contribution in [0.1, 0.15) is 11.1 Å². The van der Waals surface area contributed by atoms with Crippen LogP contribution >= 0.6 is 24.8 Å². The van der Waals surface area contributed by atoms with Gasteiger partial charge in [-0.25, -0.2) is 0 Å². The molecule has 0 amide bonds. The van der Waals surface area contributed by atoms with Crippen LogP contribution in [-0.4, -0.2) is 24.6 Å². The van der Waals surface area contributed by atoms with Crippen LogP contribution in [0.25, 0.3) is 0 Å². The average molecular weight is 383 g/mol. The third-order valence-electron chi connectivity index (χ3n) is 3.89. The summed E-state index contributed by atoms with van der Waals surface area (Å²) in [5.74, 6) is 1.62. The Bertz CT molecular complexity index is 693. The number of rotatable bonds is 4. The standard InChI is InChI=1S/C19H22N2O2.2ClH/c1-15-11-17(7-8-19(15)20)23-14-18-13-21(9-10-22-18)12-16-5-3-2-4-6-16;;/h2-8,11,14H,9-10,12-13,20H2,1H3;2*1H. The maximum atomic E-state index is 5.82. The topological polar surface area (TPSA) is 47.7 Å². The van der Waals surface area contributed by atoms with Crippen LogP contribution in [0.3, 0.4) is 0 Å². The maximum absolute atomic E-state index is 5.82. The molecule has 0 bridgehead atoms. The Kier molecular flexibility index (Phi) is 8.62. The van der Waals surface area contributed by atoms with E-state index in [4.69, 9.17) is 15.2 Å². The number of benzene rings is 2. The summed E-state index contributed by atoms with van der Waals surface area (Å²) in [6.07, 6.45) is 1.70. The highest BCUT2D eigenvalue weighted by atomic mass is 35.5. The zero-order valence-electron chi connectivity index (χ0n) is 14.2. The summed E-state index contributed by atoms with van der Waals surface area (Å²) in [7, 11) is 0. The average Bonchev–Trinajstić information content (AvgIpc) is 2.57. The van der Waals surface area contributed by atoms with Crippen LogP contribution in [0.15, 0.2) is 60.6 Å². The van der Waals surface area contributed by atoms with Gasteiger partial charge in [-0.15, -0.1) is 24.8 Å². The van der Waals surface area contributed by atoms with E-state index in [0.717, 1.165) is 42.4 Å². The lowest BCUT2D eigenvalue weighted by atomic mass is 10.2. The highest BCUT2D eigenvalue weighted by Gasteiger charge is 2.16. The fourth-order valence-corrected chi connectivity index (χ4v) is 2.55. The molecule has 0 aliphatic carbocycles. The number of aryl methyl sites for hydroxylation is 1. The summed E-state index contributed by atoms with van der Waals surface area (Å²) in [6.45, 7) is 5.25. The van der Waals surface area contributed by atoms with Crippen molar-refractivity contribution in [3.63, 3.8) is 0 Å². The molecule has 2 aromatic carbocycles. The van der Waals surface area contributed by atoms with Crippen LogP contribution in [0.5, 0.6) is 5.75 Å². The first-order valence-electron chi connectivity index (χ1n) is 7.81. The lowest BCUT2D eigenvalue weighted by molar-refractivity contribution is 0.0843. The molecule has 0 saturated carbocycles. The van der Waals surface area contributed by atoms with Crippen molar-refractivity contribution in [2.24, 2.45) is 0 Å². The van der Waals surface area contributed by atoms with E-state index < -0.39 is 0 Å². The van der Waals surface area contributed by atoms with Crippen LogP contribution < -0.4 is 10.5 Å². The van der Waals surface area contributed by atoms with Crippen molar-refractivity contribution >= 4 is 30.5 Å². The fraction of sp³-hybridized carbons (Fsp3) is 0.263. The summed E-state index contributed by atoms with van der Waals surface area (Å²) in [6, 6.07) is 16.1. The lowest BCUT2D eigenvalue weighted by Crippen LogP contribution is -2.34. The molecule has 3 rings (SSSR count). The van der Waals surface area contributed by atoms with Crippen molar-refractivity contribution in [3.8, 4) is 5.75 Å². The minimum Gasteiger partial charge on any atom is -0.492 e. The summed E-state index contributed by atoms with van der Waals surface area (Å²) < 4.78 is 11.4. The Morgan fingerprint density at radius 2 is 1.92 bits per heavy atom. The zero-order valence-corrected chi connectivity index (χ0v) is 15.8. The number of hydrogen-bond acceptors (Lipinski definition) is 4. The molecule has 2 N–H and O–H groups in total. The third kappa shape index (κ3) is 6.16. The van der Waals surface area contributed by atoms with Gasteiger partial charge in [0.2, 0.25) is 0 Å². The molecule has 0 aromatic heterocycles. The number of hydrogen-bond donors (Lipinski definition) is 1. The molecule has 1 saturated heterocycles. The molecule has 1 fully saturated rings.